The van der Waals surface area contributed by atoms with Gasteiger partial charge in [-0.15, -0.1) is 0 Å². The number of rotatable bonds is 6. The van der Waals surface area contributed by atoms with E-state index in [1.165, 1.54) is 18.3 Å². The third-order valence-corrected chi connectivity index (χ3v) is 5.19. The molecule has 3 aromatic rings. The summed E-state index contributed by atoms with van der Waals surface area (Å²) in [7, 11) is 0. The minimum absolute atomic E-state index is 0.329. The summed E-state index contributed by atoms with van der Waals surface area (Å²) in [4.78, 5) is 14.9. The molecule has 8 nitrogen and oxygen atoms in total. The summed E-state index contributed by atoms with van der Waals surface area (Å²) in [6.07, 6.45) is 1.46. The molecule has 32 heavy (non-hydrogen) atoms. The van der Waals surface area contributed by atoms with E-state index in [-0.39, 0.29) is 11.7 Å². The summed E-state index contributed by atoms with van der Waals surface area (Å²) in [5, 5.41) is 16.5. The Balaban J connectivity index is 1.45. The fourth-order valence-electron chi connectivity index (χ4n) is 3.39. The average Bonchev–Trinajstić information content (AvgIpc) is 3.20. The van der Waals surface area contributed by atoms with Crippen LogP contribution in [-0.2, 0) is 4.74 Å². The largest absolute Gasteiger partial charge is 0.477 e. The molecule has 1 aromatic heterocycles. The Morgan fingerprint density at radius 3 is 2.72 bits per heavy atom. The van der Waals surface area contributed by atoms with Crippen LogP contribution in [0.1, 0.15) is 21.6 Å². The lowest BCUT2D eigenvalue weighted by atomic mass is 10.1. The first-order valence-corrected chi connectivity index (χ1v) is 10.1. The fourth-order valence-corrected chi connectivity index (χ4v) is 3.39. The molecule has 4 rings (SSSR count). The van der Waals surface area contributed by atoms with E-state index in [0.717, 1.165) is 13.1 Å². The smallest absolute Gasteiger partial charge is 0.259 e. The Morgan fingerprint density at radius 1 is 1.25 bits per heavy atom. The highest BCUT2D eigenvalue weighted by atomic mass is 19.1. The maximum atomic E-state index is 13.2. The number of nitrogens with one attached hydrogen (secondary N) is 1. The molecular weight excluding hydrogens is 413 g/mol. The van der Waals surface area contributed by atoms with Crippen LogP contribution in [-0.4, -0.2) is 53.6 Å². The molecule has 9 heteroatoms. The topological polar surface area (TPSA) is 92.4 Å². The number of halogens is 1. The van der Waals surface area contributed by atoms with Gasteiger partial charge < -0.3 is 14.8 Å². The van der Waals surface area contributed by atoms with E-state index < -0.39 is 0 Å². The van der Waals surface area contributed by atoms with Crippen molar-refractivity contribution < 1.29 is 18.7 Å². The third-order valence-electron chi connectivity index (χ3n) is 5.19. The zero-order valence-corrected chi connectivity index (χ0v) is 17.5. The van der Waals surface area contributed by atoms with Crippen molar-refractivity contribution in [2.24, 2.45) is 0 Å². The maximum Gasteiger partial charge on any atom is 0.259 e. The number of nitriles is 1. The normalized spacial score (nSPS) is 14.0. The van der Waals surface area contributed by atoms with Crippen molar-refractivity contribution >= 4 is 11.6 Å². The lowest BCUT2D eigenvalue weighted by molar-refractivity contribution is 0.00401. The number of carbonyl (C=O) groups is 1. The Bertz CT molecular complexity index is 1150. The average molecular weight is 435 g/mol. The molecule has 2 heterocycles. The van der Waals surface area contributed by atoms with Crippen molar-refractivity contribution in [1.29, 1.82) is 5.26 Å². The molecule has 0 aliphatic carbocycles. The molecule has 1 aliphatic heterocycles. The van der Waals surface area contributed by atoms with Crippen LogP contribution in [0.4, 0.5) is 10.1 Å². The quantitative estimate of drug-likeness (QED) is 0.640. The van der Waals surface area contributed by atoms with E-state index in [0.29, 0.717) is 53.9 Å². The van der Waals surface area contributed by atoms with Gasteiger partial charge in [0.15, 0.2) is 0 Å². The summed E-state index contributed by atoms with van der Waals surface area (Å²) >= 11 is 0. The predicted molar refractivity (Wildman–Crippen MR) is 115 cm³/mol. The number of ether oxygens (including phenoxy) is 2. The molecule has 0 saturated carbocycles. The zero-order valence-electron chi connectivity index (χ0n) is 17.5. The summed E-state index contributed by atoms with van der Waals surface area (Å²) in [5.41, 5.74) is 2.44. The Hall–Kier alpha value is -3.74. The van der Waals surface area contributed by atoms with Gasteiger partial charge in [0.05, 0.1) is 41.9 Å². The van der Waals surface area contributed by atoms with Crippen molar-refractivity contribution in [3.05, 3.63) is 71.3 Å². The van der Waals surface area contributed by atoms with Crippen molar-refractivity contribution in [2.75, 3.05) is 38.4 Å². The van der Waals surface area contributed by atoms with Gasteiger partial charge in [0.25, 0.3) is 5.91 Å². The molecule has 1 aliphatic rings. The second-order valence-electron chi connectivity index (χ2n) is 7.31. The first-order chi connectivity index (χ1) is 15.5. The van der Waals surface area contributed by atoms with Crippen LogP contribution in [0.15, 0.2) is 48.7 Å². The number of hydrogen-bond acceptors (Lipinski definition) is 6. The number of anilines is 1. The summed E-state index contributed by atoms with van der Waals surface area (Å²) in [6, 6.07) is 12.9. The highest BCUT2D eigenvalue weighted by Gasteiger charge is 2.17. The zero-order chi connectivity index (χ0) is 22.5. The van der Waals surface area contributed by atoms with E-state index >= 15 is 0 Å². The molecule has 1 amide bonds. The Labute approximate surface area is 184 Å². The van der Waals surface area contributed by atoms with Crippen molar-refractivity contribution in [1.82, 2.24) is 14.7 Å². The van der Waals surface area contributed by atoms with Gasteiger partial charge in [0.1, 0.15) is 24.4 Å². The summed E-state index contributed by atoms with van der Waals surface area (Å²) < 4.78 is 25.8. The van der Waals surface area contributed by atoms with E-state index in [2.05, 4.69) is 21.4 Å². The Kier molecular flexibility index (Phi) is 6.44. The summed E-state index contributed by atoms with van der Waals surface area (Å²) in [5.74, 6) is -0.249. The van der Waals surface area contributed by atoms with Gasteiger partial charge in [-0.3, -0.25) is 9.69 Å². The lowest BCUT2D eigenvalue weighted by Gasteiger charge is -2.26. The second-order valence-corrected chi connectivity index (χ2v) is 7.31. The van der Waals surface area contributed by atoms with Gasteiger partial charge >= 0.3 is 0 Å². The number of aromatic nitrogens is 2. The SMILES string of the molecule is Cc1c(C(=O)Nc2ccc(OCN3CCOCC3)c(C#N)c2)cnn1-c1ccc(F)cc1. The van der Waals surface area contributed by atoms with Crippen LogP contribution < -0.4 is 10.1 Å². The lowest BCUT2D eigenvalue weighted by Crippen LogP contribution is -2.38. The molecule has 2 aromatic carbocycles. The summed E-state index contributed by atoms with van der Waals surface area (Å²) in [6.45, 7) is 5.01. The monoisotopic (exact) mass is 435 g/mol. The predicted octanol–water partition coefficient (Wildman–Crippen LogP) is 3.11. The van der Waals surface area contributed by atoms with Gasteiger partial charge in [0.2, 0.25) is 0 Å². The van der Waals surface area contributed by atoms with Crippen molar-refractivity contribution in [3.63, 3.8) is 0 Å². The van der Waals surface area contributed by atoms with Crippen LogP contribution >= 0.6 is 0 Å². The number of carbonyl (C=O) groups excluding carboxylic acids is 1. The van der Waals surface area contributed by atoms with Gasteiger partial charge in [-0.05, 0) is 49.4 Å². The van der Waals surface area contributed by atoms with Crippen molar-refractivity contribution in [3.8, 4) is 17.5 Å². The molecule has 0 radical (unpaired) electrons. The standard InChI is InChI=1S/C23H22FN5O3/c1-16-21(14-26-29(16)20-5-2-18(24)3-6-20)23(30)27-19-4-7-22(17(12-19)13-25)32-15-28-8-10-31-11-9-28/h2-7,12,14H,8-11,15H2,1H3,(H,27,30). The highest BCUT2D eigenvalue weighted by Crippen LogP contribution is 2.24. The van der Waals surface area contributed by atoms with E-state index in [1.54, 1.807) is 41.9 Å². The first-order valence-electron chi connectivity index (χ1n) is 10.1. The first kappa shape index (κ1) is 21.5. The number of amides is 1. The van der Waals surface area contributed by atoms with E-state index in [1.807, 2.05) is 0 Å². The number of benzene rings is 2. The maximum absolute atomic E-state index is 13.2. The molecule has 1 fully saturated rings. The van der Waals surface area contributed by atoms with Gasteiger partial charge in [-0.1, -0.05) is 0 Å². The molecule has 0 bridgehead atoms. The molecule has 1 saturated heterocycles. The number of hydrogen-bond donors (Lipinski definition) is 1. The van der Waals surface area contributed by atoms with Crippen LogP contribution in [0.5, 0.6) is 5.75 Å². The minimum atomic E-state index is -0.360. The van der Waals surface area contributed by atoms with Crippen molar-refractivity contribution in [2.45, 2.75) is 6.92 Å². The molecule has 164 valence electrons. The van der Waals surface area contributed by atoms with Crippen LogP contribution in [0.2, 0.25) is 0 Å². The highest BCUT2D eigenvalue weighted by molar-refractivity contribution is 6.05. The van der Waals surface area contributed by atoms with Gasteiger partial charge in [-0.2, -0.15) is 10.4 Å². The fraction of sp³-hybridized carbons (Fsp3) is 0.261. The van der Waals surface area contributed by atoms with Crippen LogP contribution in [0.3, 0.4) is 0 Å². The van der Waals surface area contributed by atoms with E-state index in [9.17, 15) is 14.4 Å². The van der Waals surface area contributed by atoms with Gasteiger partial charge in [0, 0.05) is 18.8 Å². The van der Waals surface area contributed by atoms with Crippen LogP contribution in [0, 0.1) is 24.1 Å². The molecule has 1 N–H and O–H groups in total. The van der Waals surface area contributed by atoms with Gasteiger partial charge in [-0.25, -0.2) is 9.07 Å². The molecule has 0 atom stereocenters. The number of nitrogens with zero attached hydrogens (tertiary/aromatic N) is 4. The minimum Gasteiger partial charge on any atom is -0.477 e. The molecular formula is C23H22FN5O3. The van der Waals surface area contributed by atoms with Crippen LogP contribution in [0.25, 0.3) is 5.69 Å². The second kappa shape index (κ2) is 9.60. The third kappa shape index (κ3) is 4.77. The number of morpholine rings is 1. The van der Waals surface area contributed by atoms with E-state index in [4.69, 9.17) is 9.47 Å². The molecule has 0 unspecified atom stereocenters. The Morgan fingerprint density at radius 2 is 2.00 bits per heavy atom. The molecule has 0 spiro atoms.